The number of nitrogens with zero attached hydrogens (tertiary/aromatic N) is 2. The molecule has 1 N–H and O–H groups in total. The van der Waals surface area contributed by atoms with E-state index < -0.39 is 5.97 Å². The summed E-state index contributed by atoms with van der Waals surface area (Å²) in [6.45, 7) is 0. The summed E-state index contributed by atoms with van der Waals surface area (Å²) >= 11 is 3.51. The molecule has 0 bridgehead atoms. The minimum Gasteiger partial charge on any atom is -0.481 e. The van der Waals surface area contributed by atoms with Crippen LogP contribution in [0.1, 0.15) is 12.1 Å². The van der Waals surface area contributed by atoms with E-state index in [4.69, 9.17) is 5.11 Å². The fourth-order valence-electron chi connectivity index (χ4n) is 1.81. The van der Waals surface area contributed by atoms with E-state index >= 15 is 0 Å². The second-order valence-corrected chi connectivity index (χ2v) is 4.79. The molecule has 4 nitrogen and oxygen atoms in total. The van der Waals surface area contributed by atoms with E-state index in [9.17, 15) is 4.79 Å². The lowest BCUT2D eigenvalue weighted by Gasteiger charge is -1.99. The van der Waals surface area contributed by atoms with Crippen molar-refractivity contribution in [3.8, 4) is 11.3 Å². The highest BCUT2D eigenvalue weighted by Gasteiger charge is 2.15. The van der Waals surface area contributed by atoms with Crippen LogP contribution in [0.25, 0.3) is 11.3 Å². The Morgan fingerprint density at radius 1 is 1.39 bits per heavy atom. The van der Waals surface area contributed by atoms with Crippen LogP contribution in [0.15, 0.2) is 34.8 Å². The molecule has 2 rings (SSSR count). The predicted octanol–water partition coefficient (Wildman–Crippen LogP) is 2.87. The van der Waals surface area contributed by atoms with Crippen molar-refractivity contribution in [3.63, 3.8) is 0 Å². The third-order valence-electron chi connectivity index (χ3n) is 2.72. The monoisotopic (exact) mass is 308 g/mol. The maximum absolute atomic E-state index is 10.6. The topological polar surface area (TPSA) is 55.1 Å². The molecule has 0 saturated heterocycles. The number of benzene rings is 1. The van der Waals surface area contributed by atoms with Crippen LogP contribution in [0, 0.1) is 0 Å². The highest BCUT2D eigenvalue weighted by atomic mass is 79.9. The van der Waals surface area contributed by atoms with Gasteiger partial charge in [-0.2, -0.15) is 5.10 Å². The van der Waals surface area contributed by atoms with Crippen molar-refractivity contribution < 1.29 is 9.90 Å². The van der Waals surface area contributed by atoms with Crippen LogP contribution < -0.4 is 0 Å². The van der Waals surface area contributed by atoms with Gasteiger partial charge in [-0.15, -0.1) is 0 Å². The second-order valence-electron chi connectivity index (χ2n) is 3.99. The van der Waals surface area contributed by atoms with Crippen LogP contribution in [-0.2, 0) is 18.3 Å². The molecule has 94 valence electrons. The Morgan fingerprint density at radius 2 is 2.06 bits per heavy atom. The normalized spacial score (nSPS) is 10.6. The second kappa shape index (κ2) is 5.35. The number of aliphatic carboxylic acids is 1. The number of rotatable bonds is 4. The molecule has 0 radical (unpaired) electrons. The summed E-state index contributed by atoms with van der Waals surface area (Å²) in [6, 6.07) is 9.81. The first-order valence-electron chi connectivity index (χ1n) is 5.58. The van der Waals surface area contributed by atoms with Crippen LogP contribution in [0.5, 0.6) is 0 Å². The first-order valence-corrected chi connectivity index (χ1v) is 6.37. The minimum absolute atomic E-state index is 0.104. The molecule has 0 aliphatic rings. The average Bonchev–Trinajstić information content (AvgIpc) is 2.63. The number of carboxylic acids is 1. The van der Waals surface area contributed by atoms with Gasteiger partial charge in [0.1, 0.15) is 5.69 Å². The molecule has 0 spiro atoms. The quantitative estimate of drug-likeness (QED) is 0.945. The molecule has 0 unspecified atom stereocenters. The molecule has 0 amide bonds. The van der Waals surface area contributed by atoms with Gasteiger partial charge in [-0.3, -0.25) is 9.48 Å². The van der Waals surface area contributed by atoms with E-state index in [0.717, 1.165) is 21.4 Å². The van der Waals surface area contributed by atoms with Crippen molar-refractivity contribution in [2.45, 2.75) is 12.8 Å². The third-order valence-corrected chi connectivity index (χ3v) is 3.56. The van der Waals surface area contributed by atoms with Crippen molar-refractivity contribution in [1.82, 2.24) is 9.78 Å². The van der Waals surface area contributed by atoms with Gasteiger partial charge in [-0.1, -0.05) is 30.3 Å². The van der Waals surface area contributed by atoms with E-state index in [2.05, 4.69) is 21.0 Å². The first kappa shape index (κ1) is 12.8. The van der Waals surface area contributed by atoms with Gasteiger partial charge in [0.25, 0.3) is 0 Å². The number of aromatic nitrogens is 2. The van der Waals surface area contributed by atoms with Gasteiger partial charge in [0.2, 0.25) is 0 Å². The highest BCUT2D eigenvalue weighted by Crippen LogP contribution is 2.30. The number of hydrogen-bond donors (Lipinski definition) is 1. The van der Waals surface area contributed by atoms with Gasteiger partial charge in [-0.25, -0.2) is 0 Å². The summed E-state index contributed by atoms with van der Waals surface area (Å²) in [5, 5.41) is 13.2. The number of carbonyl (C=O) groups is 1. The van der Waals surface area contributed by atoms with Gasteiger partial charge in [0.05, 0.1) is 16.6 Å². The number of halogens is 1. The minimum atomic E-state index is -0.802. The summed E-state index contributed by atoms with van der Waals surface area (Å²) in [5.74, 6) is -0.802. The lowest BCUT2D eigenvalue weighted by Crippen LogP contribution is -2.03. The summed E-state index contributed by atoms with van der Waals surface area (Å²) in [5.41, 5.74) is 2.76. The van der Waals surface area contributed by atoms with Crippen molar-refractivity contribution in [1.29, 1.82) is 0 Å². The van der Waals surface area contributed by atoms with Crippen molar-refractivity contribution >= 4 is 21.9 Å². The SMILES string of the molecule is Cn1nc(-c2ccccc2)c(Br)c1CCC(=O)O. The van der Waals surface area contributed by atoms with E-state index in [1.54, 1.807) is 4.68 Å². The smallest absolute Gasteiger partial charge is 0.303 e. The molecule has 18 heavy (non-hydrogen) atoms. The maximum Gasteiger partial charge on any atom is 0.303 e. The molecular formula is C13H13BrN2O2. The van der Waals surface area contributed by atoms with Gasteiger partial charge >= 0.3 is 5.97 Å². The Balaban J connectivity index is 2.35. The Labute approximate surface area is 113 Å². The zero-order valence-electron chi connectivity index (χ0n) is 9.93. The zero-order chi connectivity index (χ0) is 13.1. The molecule has 1 heterocycles. The standard InChI is InChI=1S/C13H13BrN2O2/c1-16-10(7-8-11(17)18)12(14)13(15-16)9-5-3-2-4-6-9/h2-6H,7-8H2,1H3,(H,17,18). The summed E-state index contributed by atoms with van der Waals surface area (Å²) in [6.07, 6.45) is 0.568. The lowest BCUT2D eigenvalue weighted by atomic mass is 10.1. The molecular weight excluding hydrogens is 296 g/mol. The molecule has 2 aromatic rings. The Hall–Kier alpha value is -1.62. The molecule has 5 heteroatoms. The molecule has 0 aliphatic carbocycles. The van der Waals surface area contributed by atoms with Gasteiger partial charge in [0.15, 0.2) is 0 Å². The molecule has 0 aliphatic heterocycles. The molecule has 1 aromatic carbocycles. The van der Waals surface area contributed by atoms with E-state index in [-0.39, 0.29) is 6.42 Å². The fraction of sp³-hybridized carbons (Fsp3) is 0.231. The number of carboxylic acid groups (broad SMARTS) is 1. The van der Waals surface area contributed by atoms with Crippen LogP contribution >= 0.6 is 15.9 Å². The molecule has 0 saturated carbocycles. The number of aryl methyl sites for hydroxylation is 1. The van der Waals surface area contributed by atoms with E-state index in [0.29, 0.717) is 6.42 Å². The molecule has 0 atom stereocenters. The molecule has 0 fully saturated rings. The Bertz CT molecular complexity index is 564. The van der Waals surface area contributed by atoms with Crippen molar-refractivity contribution in [2.75, 3.05) is 0 Å². The van der Waals surface area contributed by atoms with Crippen LogP contribution in [0.4, 0.5) is 0 Å². The summed E-state index contributed by atoms with van der Waals surface area (Å²) < 4.78 is 2.60. The van der Waals surface area contributed by atoms with Gasteiger partial charge in [-0.05, 0) is 15.9 Å². The molecule has 1 aromatic heterocycles. The van der Waals surface area contributed by atoms with Gasteiger partial charge in [0, 0.05) is 19.0 Å². The summed E-state index contributed by atoms with van der Waals surface area (Å²) in [4.78, 5) is 10.6. The zero-order valence-corrected chi connectivity index (χ0v) is 11.5. The summed E-state index contributed by atoms with van der Waals surface area (Å²) in [7, 11) is 1.83. The predicted molar refractivity (Wildman–Crippen MR) is 72.3 cm³/mol. The largest absolute Gasteiger partial charge is 0.481 e. The maximum atomic E-state index is 10.6. The Morgan fingerprint density at radius 3 is 2.67 bits per heavy atom. The van der Waals surface area contributed by atoms with Gasteiger partial charge < -0.3 is 5.11 Å². The highest BCUT2D eigenvalue weighted by molar-refractivity contribution is 9.10. The van der Waals surface area contributed by atoms with E-state index in [1.165, 1.54) is 0 Å². The number of hydrogen-bond acceptors (Lipinski definition) is 2. The first-order chi connectivity index (χ1) is 8.59. The van der Waals surface area contributed by atoms with Crippen LogP contribution in [-0.4, -0.2) is 20.9 Å². The van der Waals surface area contributed by atoms with Crippen LogP contribution in [0.2, 0.25) is 0 Å². The third kappa shape index (κ3) is 2.61. The van der Waals surface area contributed by atoms with Crippen LogP contribution in [0.3, 0.4) is 0 Å². The van der Waals surface area contributed by atoms with Crippen molar-refractivity contribution in [2.24, 2.45) is 7.05 Å². The Kier molecular flexibility index (Phi) is 3.81. The van der Waals surface area contributed by atoms with Crippen molar-refractivity contribution in [3.05, 3.63) is 40.5 Å². The van der Waals surface area contributed by atoms with E-state index in [1.807, 2.05) is 37.4 Å². The average molecular weight is 309 g/mol. The fourth-order valence-corrected chi connectivity index (χ4v) is 2.57. The lowest BCUT2D eigenvalue weighted by molar-refractivity contribution is -0.136.